The summed E-state index contributed by atoms with van der Waals surface area (Å²) in [7, 11) is -5.16. The normalized spacial score (nSPS) is 25.0. The molecule has 20 nitrogen and oxygen atoms in total. The molecule has 0 radical (unpaired) electrons. The van der Waals surface area contributed by atoms with Gasteiger partial charge in [0.1, 0.15) is 34.9 Å². The first-order valence-electron chi connectivity index (χ1n) is 18.7. The Morgan fingerprint density at radius 1 is 0.883 bits per heavy atom. The second-order valence-electron chi connectivity index (χ2n) is 14.7. The number of aromatic nitrogens is 1. The van der Waals surface area contributed by atoms with Gasteiger partial charge in [0.05, 0.1) is 33.6 Å². The number of rotatable bonds is 9. The third-order valence-corrected chi connectivity index (χ3v) is 11.3. The summed E-state index contributed by atoms with van der Waals surface area (Å²) in [4.78, 5) is 113. The molecule has 60 heavy (non-hydrogen) atoms. The summed E-state index contributed by atoms with van der Waals surface area (Å²) in [6, 6.07) is -3.68. The molecule has 2 aromatic rings. The molecule has 0 unspecified atom stereocenters. The third-order valence-electron chi connectivity index (χ3n) is 9.54. The van der Waals surface area contributed by atoms with Crippen molar-refractivity contribution in [3.63, 3.8) is 0 Å². The van der Waals surface area contributed by atoms with Crippen molar-refractivity contribution in [3.05, 3.63) is 52.0 Å². The van der Waals surface area contributed by atoms with Crippen molar-refractivity contribution in [1.82, 2.24) is 41.8 Å². The second kappa shape index (κ2) is 21.7. The van der Waals surface area contributed by atoms with E-state index in [0.29, 0.717) is 16.9 Å². The first-order chi connectivity index (χ1) is 27.7. The van der Waals surface area contributed by atoms with Crippen LogP contribution in [0.4, 0.5) is 4.79 Å². The summed E-state index contributed by atoms with van der Waals surface area (Å²) in [5.41, 5.74) is 0.805. The van der Waals surface area contributed by atoms with Gasteiger partial charge in [-0.2, -0.15) is 0 Å². The fourth-order valence-corrected chi connectivity index (χ4v) is 7.69. The molecule has 2 aliphatic rings. The number of nitrogens with zero attached hydrogens (tertiary/aromatic N) is 2. The summed E-state index contributed by atoms with van der Waals surface area (Å²) >= 11 is 1.06. The minimum atomic E-state index is -5.16. The molecule has 23 heteroatoms. The van der Waals surface area contributed by atoms with E-state index in [4.69, 9.17) is 0 Å². The number of ketones is 1. The van der Waals surface area contributed by atoms with Crippen molar-refractivity contribution in [3.8, 4) is 5.75 Å². The molecule has 0 aliphatic carbocycles. The van der Waals surface area contributed by atoms with E-state index in [1.54, 1.807) is 39.8 Å². The van der Waals surface area contributed by atoms with Gasteiger partial charge in [-0.3, -0.25) is 33.6 Å². The first-order valence-corrected chi connectivity index (χ1v) is 21.1. The van der Waals surface area contributed by atoms with Crippen LogP contribution in [0.15, 0.2) is 35.7 Å². The van der Waals surface area contributed by atoms with E-state index in [-0.39, 0.29) is 64.8 Å². The number of carbonyl (C=O) groups is 8. The Kier molecular flexibility index (Phi) is 17.9. The Morgan fingerprint density at radius 2 is 1.55 bits per heavy atom. The van der Waals surface area contributed by atoms with Gasteiger partial charge in [0, 0.05) is 18.0 Å². The molecule has 0 saturated carbocycles. The van der Waals surface area contributed by atoms with E-state index >= 15 is 0 Å². The van der Waals surface area contributed by atoms with Crippen LogP contribution in [0.3, 0.4) is 0 Å². The molecule has 320 valence electrons. The quantitative estimate of drug-likeness (QED) is 0.0555. The number of hydrogen-bond acceptors (Lipinski definition) is 14. The molecule has 3 heterocycles. The van der Waals surface area contributed by atoms with Crippen LogP contribution in [-0.4, -0.2) is 118 Å². The van der Waals surface area contributed by atoms with Crippen molar-refractivity contribution in [1.29, 1.82) is 0 Å². The van der Waals surface area contributed by atoms with Crippen LogP contribution in [0, 0.1) is 11.8 Å². The zero-order chi connectivity index (χ0) is 43.8. The predicted octanol–water partition coefficient (Wildman–Crippen LogP) is -3.63. The minimum Gasteiger partial charge on any atom is -0.748 e. The van der Waals surface area contributed by atoms with Gasteiger partial charge < -0.3 is 41.6 Å². The summed E-state index contributed by atoms with van der Waals surface area (Å²) in [6.45, 7) is 7.33. The Bertz CT molecular complexity index is 2100. The van der Waals surface area contributed by atoms with E-state index in [1.807, 2.05) is 0 Å². The number of hydrogen-bond donors (Lipinski definition) is 7. The smallest absolute Gasteiger partial charge is 0.748 e. The Morgan fingerprint density at radius 3 is 2.13 bits per heavy atom. The maximum atomic E-state index is 14.0. The maximum absolute atomic E-state index is 14.0. The molecule has 4 rings (SSSR count). The number of phenols is 1. The fraction of sp³-hybridized carbons (Fsp3) is 0.486. The van der Waals surface area contributed by atoms with E-state index in [0.717, 1.165) is 17.4 Å². The molecule has 1 aromatic carbocycles. The van der Waals surface area contributed by atoms with Crippen LogP contribution in [0.1, 0.15) is 69.8 Å². The van der Waals surface area contributed by atoms with Gasteiger partial charge in [-0.05, 0) is 55.4 Å². The number of carbonyl (C=O) groups excluding carboxylic acids is 8. The number of phenolic OH excluding ortho intramolecular Hbond substituents is 1. The summed E-state index contributed by atoms with van der Waals surface area (Å²) in [5, 5.41) is 26.1. The fourth-order valence-electron chi connectivity index (χ4n) is 6.21. The average molecular weight is 883 g/mol. The predicted molar refractivity (Wildman–Crippen MR) is 210 cm³/mol. The van der Waals surface area contributed by atoms with E-state index in [1.165, 1.54) is 30.5 Å². The SMILES string of the molecule is CC[C@H](C)[C@@H]1NC(=O)[C@H](CC(C)C)NC(=O)[C@@H](N2C(=O)N[C@@H](C)C2=O)CNC(=O)[C@H](CS(=O)(=O)[O-])NC(=O)/C=C/c2csc(n2)[C@H](Cc2ccc(O)cc2)NC(=O)C1=O.[Na+]. The number of urea groups is 1. The number of aromatic hydroxyl groups is 1. The molecule has 1 fully saturated rings. The molecule has 1 saturated heterocycles. The number of fused-ring (bicyclic) bond motifs is 2. The van der Waals surface area contributed by atoms with Gasteiger partial charge in [0.25, 0.3) is 11.8 Å². The maximum Gasteiger partial charge on any atom is 1.00 e. The number of Topliss-reactive ketones (excluding diaryl/α,β-unsaturated/α-hetero) is 1. The Hall–Kier alpha value is -4.74. The zero-order valence-electron chi connectivity index (χ0n) is 33.8. The van der Waals surface area contributed by atoms with Crippen LogP contribution in [0.25, 0.3) is 6.08 Å². The molecule has 0 spiro atoms. The second-order valence-corrected chi connectivity index (χ2v) is 17.0. The van der Waals surface area contributed by atoms with Crippen LogP contribution in [0.5, 0.6) is 5.75 Å². The van der Waals surface area contributed by atoms with Crippen LogP contribution in [-0.2, 0) is 50.1 Å². The Labute approximate surface area is 372 Å². The summed E-state index contributed by atoms with van der Waals surface area (Å²) < 4.78 is 35.4. The largest absolute Gasteiger partial charge is 1.00 e. The minimum absolute atomic E-state index is 0. The third kappa shape index (κ3) is 13.6. The van der Waals surface area contributed by atoms with Gasteiger partial charge in [0.2, 0.25) is 29.4 Å². The summed E-state index contributed by atoms with van der Waals surface area (Å²) in [5.74, 6) is -9.54. The van der Waals surface area contributed by atoms with Crippen LogP contribution in [0.2, 0.25) is 0 Å². The number of amides is 8. The molecular weight excluding hydrogens is 836 g/mol. The number of nitrogens with one attached hydrogen (secondary N) is 6. The number of thiazole rings is 1. The number of imide groups is 1. The van der Waals surface area contributed by atoms with Gasteiger partial charge >= 0.3 is 35.6 Å². The monoisotopic (exact) mass is 882 g/mol. The van der Waals surface area contributed by atoms with Crippen molar-refractivity contribution >= 4 is 74.8 Å². The van der Waals surface area contributed by atoms with E-state index in [9.17, 15) is 56.4 Å². The van der Waals surface area contributed by atoms with E-state index < -0.39 is 112 Å². The zero-order valence-corrected chi connectivity index (χ0v) is 37.5. The van der Waals surface area contributed by atoms with Crippen LogP contribution >= 0.6 is 11.3 Å². The number of benzene rings is 1. The summed E-state index contributed by atoms with van der Waals surface area (Å²) in [6.07, 6.45) is 2.48. The van der Waals surface area contributed by atoms with E-state index in [2.05, 4.69) is 36.9 Å². The molecule has 7 N–H and O–H groups in total. The molecule has 7 atom stereocenters. The van der Waals surface area contributed by atoms with Gasteiger partial charge in [-0.25, -0.2) is 23.1 Å². The van der Waals surface area contributed by atoms with Gasteiger partial charge in [0.15, 0.2) is 0 Å². The molecule has 1 aromatic heterocycles. The molecule has 8 amide bonds. The Balaban J connectivity index is 0.00000961. The average Bonchev–Trinajstić information content (AvgIpc) is 3.74. The van der Waals surface area contributed by atoms with Gasteiger partial charge in [-0.1, -0.05) is 46.2 Å². The molecule has 2 bridgehead atoms. The van der Waals surface area contributed by atoms with Crippen LogP contribution < -0.4 is 61.5 Å². The molecular formula is C37H47N8NaO12S2. The van der Waals surface area contributed by atoms with Gasteiger partial charge in [-0.15, -0.1) is 11.3 Å². The van der Waals surface area contributed by atoms with Crippen molar-refractivity contribution in [2.24, 2.45) is 11.8 Å². The molecule has 2 aliphatic heterocycles. The van der Waals surface area contributed by atoms with Crippen molar-refractivity contribution in [2.75, 3.05) is 12.3 Å². The standard InChI is InChI=1S/C37H48N8O12S2.Na/c1-6-19(4)29-30(48)34(52)43-25(14-21-7-10-23(46)11-8-21)35-40-22(16-58-35)9-12-28(47)41-26(17-59(55,56)57)31(49)38-15-27(45-36(53)20(5)39-37(45)54)33(51)42-24(13-18(2)3)32(50)44-29;/h7-12,16,18-20,24-27,29,46H,6,13-15,17H2,1-5H3,(H,38,49)(H,39,54)(H,41,47)(H,42,51)(H,43,52)(H,44,50)(H,55,56,57);/q;+1/p-1/b12-9+;/t19-,20-,24-,25-,26-,27-,29-;/m0./s1. The van der Waals surface area contributed by atoms with Crippen molar-refractivity contribution in [2.45, 2.75) is 90.1 Å². The first kappa shape index (κ1) is 49.6. The topological polar surface area (TPSA) is 302 Å². The van der Waals surface area contributed by atoms with Crippen molar-refractivity contribution < 1.29 is 86.0 Å².